The highest BCUT2D eigenvalue weighted by Gasteiger charge is 2.66. The number of hydrogen-bond donors (Lipinski definition) is 1. The molecule has 1 saturated carbocycles. The van der Waals surface area contributed by atoms with Crippen molar-refractivity contribution in [1.82, 2.24) is 0 Å². The predicted molar refractivity (Wildman–Crippen MR) is 116 cm³/mol. The summed E-state index contributed by atoms with van der Waals surface area (Å²) in [6.45, 7) is 3.61. The number of hydrogen-bond acceptors (Lipinski definition) is 6. The van der Waals surface area contributed by atoms with Crippen molar-refractivity contribution in [2.45, 2.75) is 62.8 Å². The van der Waals surface area contributed by atoms with Gasteiger partial charge in [-0.25, -0.2) is 9.18 Å². The molecule has 1 aromatic carbocycles. The molecule has 0 bridgehead atoms. The van der Waals surface area contributed by atoms with E-state index in [4.69, 9.17) is 14.9 Å². The van der Waals surface area contributed by atoms with Crippen molar-refractivity contribution < 1.29 is 18.3 Å². The van der Waals surface area contributed by atoms with Crippen molar-refractivity contribution in [3.63, 3.8) is 0 Å². The first-order valence-electron chi connectivity index (χ1n) is 11.2. The van der Waals surface area contributed by atoms with Gasteiger partial charge in [0, 0.05) is 17.2 Å². The van der Waals surface area contributed by atoms with Crippen LogP contribution in [-0.2, 0) is 10.2 Å². The molecular formula is C25H22FN3O4. The van der Waals surface area contributed by atoms with E-state index in [2.05, 4.69) is 0 Å². The van der Waals surface area contributed by atoms with Crippen molar-refractivity contribution >= 4 is 11.6 Å². The minimum atomic E-state index is -1.91. The molecule has 2 atom stereocenters. The van der Waals surface area contributed by atoms with Gasteiger partial charge in [0.1, 0.15) is 34.5 Å². The first-order chi connectivity index (χ1) is 15.7. The van der Waals surface area contributed by atoms with Crippen LogP contribution >= 0.6 is 0 Å². The van der Waals surface area contributed by atoms with E-state index in [1.807, 2.05) is 13.0 Å². The lowest BCUT2D eigenvalue weighted by Crippen LogP contribution is -2.57. The van der Waals surface area contributed by atoms with Gasteiger partial charge in [0.2, 0.25) is 11.8 Å². The fourth-order valence-electron chi connectivity index (χ4n) is 6.70. The Balaban J connectivity index is 1.80. The van der Waals surface area contributed by atoms with Crippen LogP contribution in [0, 0.1) is 24.1 Å². The van der Waals surface area contributed by atoms with Gasteiger partial charge in [-0.05, 0) is 49.8 Å². The molecule has 7 nitrogen and oxygen atoms in total. The maximum Gasteiger partial charge on any atom is 0.344 e. The number of nitrogens with two attached hydrogens (primary N) is 1. The maximum absolute atomic E-state index is 15.0. The molecule has 4 aliphatic rings. The summed E-state index contributed by atoms with van der Waals surface area (Å²) in [4.78, 5) is 29.6. The van der Waals surface area contributed by atoms with Gasteiger partial charge in [-0.1, -0.05) is 19.8 Å². The minimum absolute atomic E-state index is 0.00681. The largest absolute Gasteiger partial charge is 0.440 e. The van der Waals surface area contributed by atoms with Crippen molar-refractivity contribution in [1.29, 1.82) is 5.26 Å². The number of carbonyl (C=O) groups excluding carboxylic acids is 1. The van der Waals surface area contributed by atoms with E-state index in [1.54, 1.807) is 11.8 Å². The second-order valence-corrected chi connectivity index (χ2v) is 9.66. The normalized spacial score (nSPS) is 26.4. The van der Waals surface area contributed by atoms with Crippen LogP contribution in [0.5, 0.6) is 5.75 Å². The highest BCUT2D eigenvalue weighted by molar-refractivity contribution is 6.16. The SMILES string of the molecule is Cc1cc2c(c(=O)o1)[C@@]1(C(=O)N3c4c(cc(F)cc41)[C@@H](C)CC31CCCC1)C(C#N)=C(N)O2. The summed E-state index contributed by atoms with van der Waals surface area (Å²) in [5.74, 6) is -0.928. The van der Waals surface area contributed by atoms with E-state index in [9.17, 15) is 14.9 Å². The number of rotatable bonds is 0. The molecular weight excluding hydrogens is 425 g/mol. The zero-order valence-electron chi connectivity index (χ0n) is 18.3. The van der Waals surface area contributed by atoms with Gasteiger partial charge in [0.25, 0.3) is 0 Å². The number of amides is 1. The number of anilines is 1. The lowest BCUT2D eigenvalue weighted by molar-refractivity contribution is -0.122. The summed E-state index contributed by atoms with van der Waals surface area (Å²) in [6.07, 6.45) is 4.25. The van der Waals surface area contributed by atoms with Gasteiger partial charge in [-0.3, -0.25) is 4.79 Å². The Morgan fingerprint density at radius 2 is 1.97 bits per heavy atom. The Morgan fingerprint density at radius 3 is 2.67 bits per heavy atom. The molecule has 0 radical (unpaired) electrons. The molecule has 1 fully saturated rings. The van der Waals surface area contributed by atoms with Gasteiger partial charge in [-0.2, -0.15) is 5.26 Å². The molecule has 1 amide bonds. The summed E-state index contributed by atoms with van der Waals surface area (Å²) in [5, 5.41) is 10.2. The molecule has 1 aliphatic carbocycles. The lowest BCUT2D eigenvalue weighted by atomic mass is 9.69. The fraction of sp³-hybridized carbons (Fsp3) is 0.400. The summed E-state index contributed by atoms with van der Waals surface area (Å²) in [6, 6.07) is 6.21. The second-order valence-electron chi connectivity index (χ2n) is 9.66. The monoisotopic (exact) mass is 447 g/mol. The van der Waals surface area contributed by atoms with Crippen molar-refractivity contribution in [2.24, 2.45) is 5.73 Å². The molecule has 3 aliphatic heterocycles. The zero-order valence-corrected chi connectivity index (χ0v) is 18.3. The Labute approximate surface area is 189 Å². The quantitative estimate of drug-likeness (QED) is 0.661. The molecule has 8 heteroatoms. The van der Waals surface area contributed by atoms with Gasteiger partial charge in [0.05, 0.1) is 5.69 Å². The van der Waals surface area contributed by atoms with E-state index in [1.165, 1.54) is 18.2 Å². The van der Waals surface area contributed by atoms with Crippen LogP contribution in [-0.4, -0.2) is 11.4 Å². The fourth-order valence-corrected chi connectivity index (χ4v) is 6.70. The average Bonchev–Trinajstić information content (AvgIpc) is 3.29. The third-order valence-corrected chi connectivity index (χ3v) is 7.85. The molecule has 6 rings (SSSR count). The molecule has 1 aromatic heterocycles. The summed E-state index contributed by atoms with van der Waals surface area (Å²) in [5.41, 5.74) is 4.24. The average molecular weight is 447 g/mol. The second kappa shape index (κ2) is 6.25. The summed E-state index contributed by atoms with van der Waals surface area (Å²) >= 11 is 0. The third kappa shape index (κ3) is 2.22. The highest BCUT2D eigenvalue weighted by Crippen LogP contribution is 2.62. The van der Waals surface area contributed by atoms with Crippen LogP contribution in [0.15, 0.2) is 38.9 Å². The maximum atomic E-state index is 15.0. The lowest BCUT2D eigenvalue weighted by Gasteiger charge is -2.46. The number of aryl methyl sites for hydroxylation is 1. The van der Waals surface area contributed by atoms with Crippen LogP contribution < -0.4 is 21.0 Å². The van der Waals surface area contributed by atoms with E-state index in [0.717, 1.165) is 25.7 Å². The molecule has 168 valence electrons. The summed E-state index contributed by atoms with van der Waals surface area (Å²) < 4.78 is 26.0. The molecule has 33 heavy (non-hydrogen) atoms. The van der Waals surface area contributed by atoms with Gasteiger partial charge >= 0.3 is 5.63 Å². The van der Waals surface area contributed by atoms with Crippen molar-refractivity contribution in [2.75, 3.05) is 4.90 Å². The predicted octanol–water partition coefficient (Wildman–Crippen LogP) is 3.63. The molecule has 4 heterocycles. The van der Waals surface area contributed by atoms with Gasteiger partial charge in [0.15, 0.2) is 5.41 Å². The first kappa shape index (κ1) is 20.0. The number of ether oxygens (including phenoxy) is 1. The zero-order chi connectivity index (χ0) is 23.3. The van der Waals surface area contributed by atoms with E-state index in [0.29, 0.717) is 17.7 Å². The topological polar surface area (TPSA) is 110 Å². The Hall–Kier alpha value is -3.60. The molecule has 0 unspecified atom stereocenters. The van der Waals surface area contributed by atoms with Crippen LogP contribution in [0.2, 0.25) is 0 Å². The van der Waals surface area contributed by atoms with Crippen molar-refractivity contribution in [3.05, 3.63) is 68.3 Å². The number of halogens is 1. The van der Waals surface area contributed by atoms with E-state index in [-0.39, 0.29) is 40.0 Å². The summed E-state index contributed by atoms with van der Waals surface area (Å²) in [7, 11) is 0. The van der Waals surface area contributed by atoms with Gasteiger partial charge in [-0.15, -0.1) is 0 Å². The standard InChI is InChI=1S/C25H22FN3O4/c1-12-10-24(5-3-4-6-24)29-20-15(12)8-14(26)9-16(20)25(23(29)31)17(11-27)21(28)33-18-7-13(2)32-22(30)19(18)25/h7-9,12H,3-6,10,28H2,1-2H3/t12-,25-/m0/s1. The van der Waals surface area contributed by atoms with Crippen LogP contribution in [0.4, 0.5) is 10.1 Å². The Kier molecular flexibility index (Phi) is 3.80. The molecule has 2 aromatic rings. The van der Waals surface area contributed by atoms with E-state index < -0.39 is 28.3 Å². The molecule has 0 saturated heterocycles. The Bertz CT molecular complexity index is 1400. The number of benzene rings is 1. The minimum Gasteiger partial charge on any atom is -0.440 e. The smallest absolute Gasteiger partial charge is 0.344 e. The molecule has 2 N–H and O–H groups in total. The van der Waals surface area contributed by atoms with E-state index >= 15 is 4.39 Å². The number of carbonyl (C=O) groups is 1. The van der Waals surface area contributed by atoms with Crippen molar-refractivity contribution in [3.8, 4) is 11.8 Å². The number of nitrogens with zero attached hydrogens (tertiary/aromatic N) is 2. The van der Waals surface area contributed by atoms with Gasteiger partial charge < -0.3 is 19.8 Å². The number of fused-ring (bicyclic) bond motifs is 4. The Morgan fingerprint density at radius 1 is 1.24 bits per heavy atom. The molecule has 2 spiro atoms. The van der Waals surface area contributed by atoms with Crippen LogP contribution in [0.3, 0.4) is 0 Å². The highest BCUT2D eigenvalue weighted by atomic mass is 19.1. The first-order valence-corrected chi connectivity index (χ1v) is 11.2. The van der Waals surface area contributed by atoms with Crippen LogP contribution in [0.1, 0.15) is 67.4 Å². The van der Waals surface area contributed by atoms with Crippen LogP contribution in [0.25, 0.3) is 0 Å². The number of nitriles is 1. The third-order valence-electron chi connectivity index (χ3n) is 7.85.